The quantitative estimate of drug-likeness (QED) is 0.880. The number of nitrogens with zero attached hydrogens (tertiary/aromatic N) is 2. The highest BCUT2D eigenvalue weighted by atomic mass is 16.5. The minimum atomic E-state index is -0.640. The van der Waals surface area contributed by atoms with Crippen molar-refractivity contribution in [1.29, 1.82) is 0 Å². The summed E-state index contributed by atoms with van der Waals surface area (Å²) in [6.07, 6.45) is 3.83. The maximum atomic E-state index is 10.2. The van der Waals surface area contributed by atoms with Crippen LogP contribution in [0.3, 0.4) is 0 Å². The summed E-state index contributed by atoms with van der Waals surface area (Å²) < 4.78 is 7.18. The summed E-state index contributed by atoms with van der Waals surface area (Å²) in [6.45, 7) is 2.78. The van der Waals surface area contributed by atoms with Gasteiger partial charge in [0, 0.05) is 18.8 Å². The number of aryl methyl sites for hydroxylation is 1. The molecule has 0 saturated heterocycles. The van der Waals surface area contributed by atoms with Crippen LogP contribution in [0.25, 0.3) is 0 Å². The second kappa shape index (κ2) is 5.69. The predicted molar refractivity (Wildman–Crippen MR) is 69.5 cm³/mol. The molecule has 0 bridgehead atoms. The fourth-order valence-corrected chi connectivity index (χ4v) is 1.74. The molecule has 0 amide bonds. The van der Waals surface area contributed by atoms with Crippen molar-refractivity contribution in [3.05, 3.63) is 47.8 Å². The largest absolute Gasteiger partial charge is 0.494 e. The Morgan fingerprint density at radius 3 is 2.56 bits per heavy atom. The molecule has 0 radical (unpaired) electrons. The molecule has 0 saturated carbocycles. The Kier molecular flexibility index (Phi) is 3.99. The first-order chi connectivity index (χ1) is 8.70. The van der Waals surface area contributed by atoms with Gasteiger partial charge in [-0.3, -0.25) is 4.68 Å². The first kappa shape index (κ1) is 12.6. The van der Waals surface area contributed by atoms with Crippen molar-refractivity contribution in [2.24, 2.45) is 7.05 Å². The molecule has 18 heavy (non-hydrogen) atoms. The van der Waals surface area contributed by atoms with Crippen molar-refractivity contribution in [3.8, 4) is 5.75 Å². The third-order valence-electron chi connectivity index (χ3n) is 2.71. The summed E-state index contributed by atoms with van der Waals surface area (Å²) >= 11 is 0. The van der Waals surface area contributed by atoms with Crippen molar-refractivity contribution in [2.45, 2.75) is 19.4 Å². The number of ether oxygens (including phenoxy) is 1. The van der Waals surface area contributed by atoms with Crippen LogP contribution in [0.4, 0.5) is 0 Å². The lowest BCUT2D eigenvalue weighted by atomic mass is 10.0. The van der Waals surface area contributed by atoms with E-state index in [-0.39, 0.29) is 0 Å². The van der Waals surface area contributed by atoms with Crippen molar-refractivity contribution >= 4 is 0 Å². The Balaban J connectivity index is 2.09. The molecular formula is C14H18N2O2. The van der Waals surface area contributed by atoms with E-state index in [1.54, 1.807) is 10.9 Å². The summed E-state index contributed by atoms with van der Waals surface area (Å²) in [5.74, 6) is 0.832. The van der Waals surface area contributed by atoms with Gasteiger partial charge in [0.05, 0.1) is 12.8 Å². The molecule has 1 aromatic heterocycles. The van der Waals surface area contributed by atoms with Crippen LogP contribution in [0, 0.1) is 0 Å². The van der Waals surface area contributed by atoms with Crippen LogP contribution < -0.4 is 4.74 Å². The molecule has 2 aromatic rings. The van der Waals surface area contributed by atoms with Gasteiger partial charge in [0.15, 0.2) is 0 Å². The lowest BCUT2D eigenvalue weighted by Crippen LogP contribution is -1.99. The molecule has 0 aliphatic carbocycles. The SMILES string of the molecule is CCCOc1ccc(C(O)c2cnn(C)c2)cc1. The van der Waals surface area contributed by atoms with Crippen LogP contribution in [-0.2, 0) is 7.05 Å². The second-order valence-electron chi connectivity index (χ2n) is 4.27. The zero-order valence-electron chi connectivity index (χ0n) is 10.7. The highest BCUT2D eigenvalue weighted by molar-refractivity contribution is 5.32. The summed E-state index contributed by atoms with van der Waals surface area (Å²) in [5.41, 5.74) is 1.63. The summed E-state index contributed by atoms with van der Waals surface area (Å²) in [7, 11) is 1.83. The van der Waals surface area contributed by atoms with E-state index in [1.165, 1.54) is 0 Å². The van der Waals surface area contributed by atoms with Crippen molar-refractivity contribution in [3.63, 3.8) is 0 Å². The lowest BCUT2D eigenvalue weighted by Gasteiger charge is -2.10. The normalized spacial score (nSPS) is 12.4. The molecule has 0 fully saturated rings. The van der Waals surface area contributed by atoms with E-state index < -0.39 is 6.10 Å². The third-order valence-corrected chi connectivity index (χ3v) is 2.71. The number of aliphatic hydroxyl groups excluding tert-OH is 1. The van der Waals surface area contributed by atoms with Gasteiger partial charge in [-0.15, -0.1) is 0 Å². The molecule has 1 atom stereocenters. The van der Waals surface area contributed by atoms with Crippen molar-refractivity contribution in [1.82, 2.24) is 9.78 Å². The monoisotopic (exact) mass is 246 g/mol. The van der Waals surface area contributed by atoms with Gasteiger partial charge in [0.25, 0.3) is 0 Å². The molecule has 1 heterocycles. The molecule has 2 rings (SSSR count). The molecule has 0 spiro atoms. The van der Waals surface area contributed by atoms with Gasteiger partial charge in [0.1, 0.15) is 11.9 Å². The van der Waals surface area contributed by atoms with Crippen LogP contribution >= 0.6 is 0 Å². The van der Waals surface area contributed by atoms with Gasteiger partial charge in [-0.2, -0.15) is 5.10 Å². The highest BCUT2D eigenvalue weighted by Gasteiger charge is 2.11. The van der Waals surface area contributed by atoms with Gasteiger partial charge in [0.2, 0.25) is 0 Å². The predicted octanol–water partition coefficient (Wildman–Crippen LogP) is 2.29. The Morgan fingerprint density at radius 2 is 2.00 bits per heavy atom. The van der Waals surface area contributed by atoms with Crippen LogP contribution in [-0.4, -0.2) is 21.5 Å². The van der Waals surface area contributed by atoms with E-state index in [0.717, 1.165) is 23.3 Å². The van der Waals surface area contributed by atoms with Gasteiger partial charge >= 0.3 is 0 Å². The van der Waals surface area contributed by atoms with Gasteiger partial charge in [-0.25, -0.2) is 0 Å². The van der Waals surface area contributed by atoms with Crippen LogP contribution in [0.15, 0.2) is 36.7 Å². The van der Waals surface area contributed by atoms with Crippen molar-refractivity contribution < 1.29 is 9.84 Å². The average molecular weight is 246 g/mol. The molecule has 0 aliphatic heterocycles. The third kappa shape index (κ3) is 2.90. The second-order valence-corrected chi connectivity index (χ2v) is 4.27. The molecule has 1 unspecified atom stereocenters. The summed E-state index contributed by atoms with van der Waals surface area (Å²) in [4.78, 5) is 0. The maximum Gasteiger partial charge on any atom is 0.119 e. The first-order valence-electron chi connectivity index (χ1n) is 6.10. The maximum absolute atomic E-state index is 10.2. The van der Waals surface area contributed by atoms with Crippen LogP contribution in [0.1, 0.15) is 30.6 Å². The van der Waals surface area contributed by atoms with E-state index in [1.807, 2.05) is 37.5 Å². The molecule has 0 aliphatic rings. The molecule has 1 N–H and O–H groups in total. The number of hydrogen-bond donors (Lipinski definition) is 1. The Labute approximate surface area is 107 Å². The van der Waals surface area contributed by atoms with E-state index >= 15 is 0 Å². The highest BCUT2D eigenvalue weighted by Crippen LogP contribution is 2.23. The van der Waals surface area contributed by atoms with Crippen LogP contribution in [0.2, 0.25) is 0 Å². The van der Waals surface area contributed by atoms with Gasteiger partial charge in [-0.1, -0.05) is 19.1 Å². The number of aliphatic hydroxyl groups is 1. The molecule has 96 valence electrons. The van der Waals surface area contributed by atoms with Gasteiger partial charge < -0.3 is 9.84 Å². The molecule has 4 heteroatoms. The average Bonchev–Trinajstić information content (AvgIpc) is 2.83. The Hall–Kier alpha value is -1.81. The standard InChI is InChI=1S/C14H18N2O2/c1-3-8-18-13-6-4-11(5-7-13)14(17)12-9-15-16(2)10-12/h4-7,9-10,14,17H,3,8H2,1-2H3. The minimum absolute atomic E-state index is 0.640. The van der Waals surface area contributed by atoms with Crippen LogP contribution in [0.5, 0.6) is 5.75 Å². The zero-order valence-corrected chi connectivity index (χ0v) is 10.7. The fourth-order valence-electron chi connectivity index (χ4n) is 1.74. The number of rotatable bonds is 5. The summed E-state index contributed by atoms with van der Waals surface area (Å²) in [6, 6.07) is 7.51. The number of benzene rings is 1. The first-order valence-corrected chi connectivity index (χ1v) is 6.10. The molecule has 4 nitrogen and oxygen atoms in total. The van der Waals surface area contributed by atoms with E-state index in [4.69, 9.17) is 4.74 Å². The number of hydrogen-bond acceptors (Lipinski definition) is 3. The van der Waals surface area contributed by atoms with E-state index in [0.29, 0.717) is 6.61 Å². The lowest BCUT2D eigenvalue weighted by molar-refractivity contribution is 0.220. The van der Waals surface area contributed by atoms with E-state index in [2.05, 4.69) is 12.0 Å². The van der Waals surface area contributed by atoms with Crippen molar-refractivity contribution in [2.75, 3.05) is 6.61 Å². The number of aromatic nitrogens is 2. The van der Waals surface area contributed by atoms with E-state index in [9.17, 15) is 5.11 Å². The summed E-state index contributed by atoms with van der Waals surface area (Å²) in [5, 5.41) is 14.2. The molecule has 1 aromatic carbocycles. The smallest absolute Gasteiger partial charge is 0.119 e. The Morgan fingerprint density at radius 1 is 1.28 bits per heavy atom. The zero-order chi connectivity index (χ0) is 13.0. The topological polar surface area (TPSA) is 47.3 Å². The van der Waals surface area contributed by atoms with Gasteiger partial charge in [-0.05, 0) is 24.1 Å². The molecular weight excluding hydrogens is 228 g/mol. The minimum Gasteiger partial charge on any atom is -0.494 e. The Bertz CT molecular complexity index is 491. The fraction of sp³-hybridized carbons (Fsp3) is 0.357.